The molecule has 0 aromatic rings. The van der Waals surface area contributed by atoms with Crippen LogP contribution in [0.2, 0.25) is 0 Å². The van der Waals surface area contributed by atoms with Crippen molar-refractivity contribution in [1.29, 1.82) is 0 Å². The molecule has 0 radical (unpaired) electrons. The number of nitrogens with zero attached hydrogens (tertiary/aromatic N) is 1. The molecule has 0 saturated carbocycles. The first-order valence-corrected chi connectivity index (χ1v) is 3.08. The molecule has 10 heavy (non-hydrogen) atoms. The minimum absolute atomic E-state index is 0. The zero-order valence-electron chi connectivity index (χ0n) is 6.45. The summed E-state index contributed by atoms with van der Waals surface area (Å²) in [7, 11) is 2.19. The molecular formula is C6H13Cl2MgN. The average molecular weight is 194 g/mol. The van der Waals surface area contributed by atoms with Gasteiger partial charge in [-0.1, -0.05) is 6.42 Å². The van der Waals surface area contributed by atoms with E-state index in [4.69, 9.17) is 0 Å². The zero-order chi connectivity index (χ0) is 5.11. The molecule has 0 unspecified atom stereocenters. The molecule has 58 valence electrons. The van der Waals surface area contributed by atoms with Gasteiger partial charge in [-0.2, -0.15) is 0 Å². The molecule has 0 bridgehead atoms. The first-order chi connectivity index (χ1) is 3.39. The Morgan fingerprint density at radius 3 is 1.50 bits per heavy atom. The third-order valence-corrected chi connectivity index (χ3v) is 1.58. The Balaban J connectivity index is -0.000000163. The van der Waals surface area contributed by atoms with E-state index in [1.807, 2.05) is 0 Å². The number of piperidine rings is 1. The van der Waals surface area contributed by atoms with Crippen LogP contribution in [0.15, 0.2) is 0 Å². The Kier molecular flexibility index (Phi) is 17.9. The van der Waals surface area contributed by atoms with Crippen LogP contribution in [0.3, 0.4) is 0 Å². The topological polar surface area (TPSA) is 3.24 Å². The molecule has 0 aromatic heterocycles. The number of hydrogen-bond donors (Lipinski definition) is 0. The molecular weight excluding hydrogens is 181 g/mol. The maximum absolute atomic E-state index is 2.39. The first-order valence-electron chi connectivity index (χ1n) is 3.08. The zero-order valence-corrected chi connectivity index (χ0v) is 9.37. The summed E-state index contributed by atoms with van der Waals surface area (Å²) in [4.78, 5) is 2.39. The van der Waals surface area contributed by atoms with E-state index in [0.29, 0.717) is 0 Å². The van der Waals surface area contributed by atoms with Crippen LogP contribution in [0.4, 0.5) is 0 Å². The molecule has 0 atom stereocenters. The fraction of sp³-hybridized carbons (Fsp3) is 1.00. The normalized spacial score (nSPS) is 17.7. The molecule has 1 heterocycles. The maximum atomic E-state index is 2.39. The standard InChI is InChI=1S/C6H13N.2ClH.Mg/c1-7-5-3-2-4-6-7;;;/h2-6H2,1H3;2*1H;/q;;;+2/p-2. The van der Waals surface area contributed by atoms with Gasteiger partial charge in [0.1, 0.15) is 0 Å². The predicted octanol–water partition coefficient (Wildman–Crippen LogP) is -5.27. The summed E-state index contributed by atoms with van der Waals surface area (Å²) in [5, 5.41) is 0. The van der Waals surface area contributed by atoms with E-state index < -0.39 is 0 Å². The third kappa shape index (κ3) is 7.41. The van der Waals surface area contributed by atoms with E-state index >= 15 is 0 Å². The second kappa shape index (κ2) is 10.3. The molecule has 1 fully saturated rings. The van der Waals surface area contributed by atoms with Crippen LogP contribution in [0, 0.1) is 0 Å². The Bertz CT molecular complexity index is 57.7. The van der Waals surface area contributed by atoms with Crippen molar-refractivity contribution in [2.75, 3.05) is 20.1 Å². The van der Waals surface area contributed by atoms with Gasteiger partial charge in [0.15, 0.2) is 0 Å². The Morgan fingerprint density at radius 2 is 1.30 bits per heavy atom. The third-order valence-electron chi connectivity index (χ3n) is 1.58. The van der Waals surface area contributed by atoms with Crippen LogP contribution < -0.4 is 24.8 Å². The largest absolute Gasteiger partial charge is 2.00 e. The Morgan fingerprint density at radius 1 is 0.900 bits per heavy atom. The smallest absolute Gasteiger partial charge is 1.00 e. The van der Waals surface area contributed by atoms with Crippen molar-refractivity contribution in [2.45, 2.75) is 19.3 Å². The molecule has 1 saturated heterocycles. The molecule has 1 rings (SSSR count). The van der Waals surface area contributed by atoms with Crippen LogP contribution in [-0.4, -0.2) is 48.1 Å². The molecule has 0 aromatic carbocycles. The molecule has 1 aliphatic rings. The van der Waals surface area contributed by atoms with Gasteiger partial charge >= 0.3 is 23.1 Å². The summed E-state index contributed by atoms with van der Waals surface area (Å²) in [6.45, 7) is 2.64. The van der Waals surface area contributed by atoms with Gasteiger partial charge in [-0.25, -0.2) is 0 Å². The van der Waals surface area contributed by atoms with Crippen LogP contribution in [0.25, 0.3) is 0 Å². The van der Waals surface area contributed by atoms with Crippen molar-refractivity contribution in [3.05, 3.63) is 0 Å². The van der Waals surface area contributed by atoms with Crippen molar-refractivity contribution in [3.63, 3.8) is 0 Å². The van der Waals surface area contributed by atoms with Crippen LogP contribution in [-0.2, 0) is 0 Å². The molecule has 0 aliphatic carbocycles. The molecule has 1 nitrogen and oxygen atoms in total. The van der Waals surface area contributed by atoms with E-state index in [0.717, 1.165) is 0 Å². The molecule has 0 spiro atoms. The van der Waals surface area contributed by atoms with Crippen molar-refractivity contribution in [3.8, 4) is 0 Å². The van der Waals surface area contributed by atoms with Crippen LogP contribution in [0.5, 0.6) is 0 Å². The second-order valence-corrected chi connectivity index (χ2v) is 2.36. The van der Waals surface area contributed by atoms with E-state index in [1.165, 1.54) is 32.4 Å². The van der Waals surface area contributed by atoms with Crippen molar-refractivity contribution in [2.24, 2.45) is 0 Å². The quantitative estimate of drug-likeness (QED) is 0.348. The number of likely N-dealkylation sites (tertiary alicyclic amines) is 1. The van der Waals surface area contributed by atoms with Gasteiger partial charge in [0.2, 0.25) is 0 Å². The maximum Gasteiger partial charge on any atom is 2.00 e. The van der Waals surface area contributed by atoms with Gasteiger partial charge < -0.3 is 29.7 Å². The van der Waals surface area contributed by atoms with Crippen molar-refractivity contribution >= 4 is 23.1 Å². The fourth-order valence-corrected chi connectivity index (χ4v) is 1.05. The van der Waals surface area contributed by atoms with Crippen molar-refractivity contribution in [1.82, 2.24) is 4.90 Å². The minimum atomic E-state index is 0. The van der Waals surface area contributed by atoms with E-state index in [2.05, 4.69) is 11.9 Å². The molecule has 4 heteroatoms. The van der Waals surface area contributed by atoms with Gasteiger partial charge in [0.25, 0.3) is 0 Å². The summed E-state index contributed by atoms with van der Waals surface area (Å²) in [5.74, 6) is 0. The van der Waals surface area contributed by atoms with Gasteiger partial charge in [-0.15, -0.1) is 0 Å². The Hall–Kier alpha value is 1.31. The van der Waals surface area contributed by atoms with E-state index in [9.17, 15) is 0 Å². The fourth-order valence-electron chi connectivity index (χ4n) is 1.05. The van der Waals surface area contributed by atoms with Gasteiger partial charge in [0.05, 0.1) is 0 Å². The average Bonchev–Trinajstić information content (AvgIpc) is 1.69. The van der Waals surface area contributed by atoms with Gasteiger partial charge in [0, 0.05) is 0 Å². The Labute approximate surface area is 91.9 Å². The number of halogens is 2. The molecule has 0 amide bonds. The summed E-state index contributed by atoms with van der Waals surface area (Å²) < 4.78 is 0. The second-order valence-electron chi connectivity index (χ2n) is 2.36. The van der Waals surface area contributed by atoms with E-state index in [-0.39, 0.29) is 47.9 Å². The number of rotatable bonds is 0. The molecule has 0 N–H and O–H groups in total. The van der Waals surface area contributed by atoms with Crippen molar-refractivity contribution < 1.29 is 24.8 Å². The monoisotopic (exact) mass is 193 g/mol. The summed E-state index contributed by atoms with van der Waals surface area (Å²) in [6, 6.07) is 0. The van der Waals surface area contributed by atoms with E-state index in [1.54, 1.807) is 0 Å². The summed E-state index contributed by atoms with van der Waals surface area (Å²) in [6.07, 6.45) is 4.28. The van der Waals surface area contributed by atoms with Gasteiger partial charge in [-0.05, 0) is 33.0 Å². The van der Waals surface area contributed by atoms with Gasteiger partial charge in [-0.3, -0.25) is 0 Å². The van der Waals surface area contributed by atoms with Crippen LogP contribution >= 0.6 is 0 Å². The minimum Gasteiger partial charge on any atom is -1.00 e. The summed E-state index contributed by atoms with van der Waals surface area (Å²) in [5.41, 5.74) is 0. The predicted molar refractivity (Wildman–Crippen MR) is 37.1 cm³/mol. The molecule has 1 aliphatic heterocycles. The van der Waals surface area contributed by atoms with Crippen LogP contribution in [0.1, 0.15) is 19.3 Å². The summed E-state index contributed by atoms with van der Waals surface area (Å²) >= 11 is 0. The SMILES string of the molecule is CN1CCCCC1.[Cl-].[Cl-].[Mg+2]. The number of hydrogen-bond acceptors (Lipinski definition) is 1. The first kappa shape index (κ1) is 17.4.